The standard InChI is InChI=1S/C27H34F3N5O4/c1-34-21(3-6-32-34)22-12-26(11-18(10-24(26)39-22)33-20-5-8-38-15-23(20)37-2)25(36)35-7-4-19-16(14-35)9-17(13-31-19)27(28,29)30/h3,6,9,13,18,20,22-24,33H,4-5,7-8,10-12,14-15H2,1-2H3. The predicted molar refractivity (Wildman–Crippen MR) is 132 cm³/mol. The molecule has 1 saturated carbocycles. The number of halogens is 3. The second-order valence-electron chi connectivity index (χ2n) is 11.2. The Morgan fingerprint density at radius 3 is 2.90 bits per heavy atom. The summed E-state index contributed by atoms with van der Waals surface area (Å²) in [6, 6.07) is 3.20. The molecule has 6 rings (SSSR count). The number of aromatic nitrogens is 3. The Balaban J connectivity index is 1.26. The summed E-state index contributed by atoms with van der Waals surface area (Å²) in [5.41, 5.74) is 0.409. The third kappa shape index (κ3) is 4.85. The van der Waals surface area contributed by atoms with E-state index in [1.807, 2.05) is 13.1 Å². The van der Waals surface area contributed by atoms with Gasteiger partial charge in [0.1, 0.15) is 6.10 Å². The fourth-order valence-corrected chi connectivity index (χ4v) is 6.94. The molecule has 5 heterocycles. The number of alkyl halides is 3. The minimum Gasteiger partial charge on any atom is -0.379 e. The Morgan fingerprint density at radius 2 is 2.15 bits per heavy atom. The Hall–Kier alpha value is -2.54. The van der Waals surface area contributed by atoms with Gasteiger partial charge in [-0.1, -0.05) is 0 Å². The molecule has 1 N–H and O–H groups in total. The number of amides is 1. The lowest BCUT2D eigenvalue weighted by Gasteiger charge is -2.37. The zero-order valence-corrected chi connectivity index (χ0v) is 22.1. The number of nitrogens with zero attached hydrogens (tertiary/aromatic N) is 4. The molecule has 3 aliphatic heterocycles. The molecule has 3 fully saturated rings. The van der Waals surface area contributed by atoms with E-state index >= 15 is 0 Å². The molecule has 2 aromatic heterocycles. The van der Waals surface area contributed by atoms with E-state index in [0.29, 0.717) is 56.7 Å². The van der Waals surface area contributed by atoms with Crippen LogP contribution in [0, 0.1) is 5.41 Å². The lowest BCUT2D eigenvalue weighted by Crippen LogP contribution is -2.51. The molecule has 0 spiro atoms. The van der Waals surface area contributed by atoms with E-state index in [2.05, 4.69) is 15.4 Å². The highest BCUT2D eigenvalue weighted by Gasteiger charge is 2.61. The maximum absolute atomic E-state index is 14.4. The predicted octanol–water partition coefficient (Wildman–Crippen LogP) is 2.79. The highest BCUT2D eigenvalue weighted by atomic mass is 19.4. The van der Waals surface area contributed by atoms with Crippen LogP contribution in [-0.4, -0.2) is 76.7 Å². The van der Waals surface area contributed by atoms with E-state index in [4.69, 9.17) is 14.2 Å². The summed E-state index contributed by atoms with van der Waals surface area (Å²) >= 11 is 0. The first-order valence-electron chi connectivity index (χ1n) is 13.5. The van der Waals surface area contributed by atoms with Gasteiger partial charge in [-0.3, -0.25) is 14.5 Å². The Labute approximate surface area is 225 Å². The average Bonchev–Trinajstić information content (AvgIpc) is 3.59. The number of aryl methyl sites for hydroxylation is 1. The molecule has 0 aromatic carbocycles. The maximum atomic E-state index is 14.4. The van der Waals surface area contributed by atoms with Crippen molar-refractivity contribution in [1.29, 1.82) is 0 Å². The number of nitrogens with one attached hydrogen (secondary N) is 1. The van der Waals surface area contributed by atoms with Crippen LogP contribution in [0.4, 0.5) is 13.2 Å². The van der Waals surface area contributed by atoms with Crippen LogP contribution in [0.5, 0.6) is 0 Å². The number of rotatable bonds is 5. The largest absolute Gasteiger partial charge is 0.417 e. The number of pyridine rings is 1. The molecule has 2 saturated heterocycles. The van der Waals surface area contributed by atoms with E-state index in [1.54, 1.807) is 22.9 Å². The van der Waals surface area contributed by atoms with Gasteiger partial charge in [-0.25, -0.2) is 0 Å². The van der Waals surface area contributed by atoms with Gasteiger partial charge in [0.2, 0.25) is 5.91 Å². The van der Waals surface area contributed by atoms with Crippen LogP contribution in [0.2, 0.25) is 0 Å². The molecule has 212 valence electrons. The molecule has 4 aliphatic rings. The SMILES string of the molecule is COC1COCCC1NC1CC2OC(c3ccnn3C)CC2(C(=O)N2CCc3ncc(C(F)(F)F)cc3C2)C1. The second-order valence-corrected chi connectivity index (χ2v) is 11.2. The van der Waals surface area contributed by atoms with Crippen LogP contribution in [0.1, 0.15) is 54.3 Å². The van der Waals surface area contributed by atoms with Crippen LogP contribution in [0.3, 0.4) is 0 Å². The second kappa shape index (κ2) is 10.1. The van der Waals surface area contributed by atoms with Crippen molar-refractivity contribution in [1.82, 2.24) is 25.0 Å². The smallest absolute Gasteiger partial charge is 0.379 e. The fraction of sp³-hybridized carbons (Fsp3) is 0.667. The first-order chi connectivity index (χ1) is 18.7. The highest BCUT2D eigenvalue weighted by molar-refractivity contribution is 5.85. The summed E-state index contributed by atoms with van der Waals surface area (Å²) in [6.45, 7) is 1.70. The molecular weight excluding hydrogens is 515 g/mol. The van der Waals surface area contributed by atoms with Gasteiger partial charge in [0.15, 0.2) is 0 Å². The third-order valence-electron chi connectivity index (χ3n) is 8.93. The number of hydrogen-bond donors (Lipinski definition) is 1. The summed E-state index contributed by atoms with van der Waals surface area (Å²) < 4.78 is 59.6. The van der Waals surface area contributed by atoms with Gasteiger partial charge in [0, 0.05) is 70.4 Å². The molecule has 1 aliphatic carbocycles. The minimum absolute atomic E-state index is 0.0442. The molecule has 6 atom stereocenters. The van der Waals surface area contributed by atoms with E-state index in [9.17, 15) is 18.0 Å². The number of methoxy groups -OCH3 is 1. The van der Waals surface area contributed by atoms with Crippen LogP contribution in [0.15, 0.2) is 24.5 Å². The normalized spacial score (nSPS) is 32.7. The first kappa shape index (κ1) is 26.7. The lowest BCUT2D eigenvalue weighted by molar-refractivity contribution is -0.145. The Bertz CT molecular complexity index is 1220. The number of carbonyl (C=O) groups excluding carboxylic acids is 1. The van der Waals surface area contributed by atoms with Crippen molar-refractivity contribution < 1.29 is 32.2 Å². The molecule has 2 aromatic rings. The summed E-state index contributed by atoms with van der Waals surface area (Å²) in [4.78, 5) is 20.1. The summed E-state index contributed by atoms with van der Waals surface area (Å²) in [5, 5.41) is 8.00. The molecule has 9 nitrogen and oxygen atoms in total. The topological polar surface area (TPSA) is 90.7 Å². The molecule has 39 heavy (non-hydrogen) atoms. The van der Waals surface area contributed by atoms with Gasteiger partial charge in [0.05, 0.1) is 35.5 Å². The monoisotopic (exact) mass is 549 g/mol. The Kier molecular flexibility index (Phi) is 6.93. The zero-order chi connectivity index (χ0) is 27.4. The minimum atomic E-state index is -4.48. The van der Waals surface area contributed by atoms with Gasteiger partial charge >= 0.3 is 6.18 Å². The molecule has 0 bridgehead atoms. The number of carbonyl (C=O) groups is 1. The highest BCUT2D eigenvalue weighted by Crippen LogP contribution is 2.55. The number of ether oxygens (including phenoxy) is 3. The molecule has 0 radical (unpaired) electrons. The molecule has 12 heteroatoms. The maximum Gasteiger partial charge on any atom is 0.417 e. The molecule has 6 unspecified atom stereocenters. The van der Waals surface area contributed by atoms with E-state index in [-0.39, 0.29) is 42.8 Å². The van der Waals surface area contributed by atoms with Crippen LogP contribution < -0.4 is 5.32 Å². The van der Waals surface area contributed by atoms with Crippen molar-refractivity contribution in [3.8, 4) is 0 Å². The van der Waals surface area contributed by atoms with Crippen molar-refractivity contribution >= 4 is 5.91 Å². The van der Waals surface area contributed by atoms with Crippen LogP contribution >= 0.6 is 0 Å². The van der Waals surface area contributed by atoms with Crippen molar-refractivity contribution in [3.05, 3.63) is 47.0 Å². The van der Waals surface area contributed by atoms with Crippen molar-refractivity contribution in [2.24, 2.45) is 12.5 Å². The van der Waals surface area contributed by atoms with Gasteiger partial charge in [-0.05, 0) is 43.4 Å². The number of fused-ring (bicyclic) bond motifs is 2. The summed E-state index contributed by atoms with van der Waals surface area (Å²) in [5.74, 6) is -0.0557. The fourth-order valence-electron chi connectivity index (χ4n) is 6.94. The quantitative estimate of drug-likeness (QED) is 0.614. The zero-order valence-electron chi connectivity index (χ0n) is 22.1. The summed E-state index contributed by atoms with van der Waals surface area (Å²) in [7, 11) is 3.53. The molecular formula is C27H34F3N5O4. The van der Waals surface area contributed by atoms with Gasteiger partial charge < -0.3 is 24.4 Å². The molecule has 1 amide bonds. The van der Waals surface area contributed by atoms with E-state index < -0.39 is 17.2 Å². The van der Waals surface area contributed by atoms with Crippen LogP contribution in [0.25, 0.3) is 0 Å². The first-order valence-corrected chi connectivity index (χ1v) is 13.5. The van der Waals surface area contributed by atoms with Crippen LogP contribution in [-0.2, 0) is 45.2 Å². The summed E-state index contributed by atoms with van der Waals surface area (Å²) in [6.07, 6.45) is 0.440. The van der Waals surface area contributed by atoms with E-state index in [0.717, 1.165) is 24.4 Å². The van der Waals surface area contributed by atoms with E-state index in [1.165, 1.54) is 0 Å². The lowest BCUT2D eigenvalue weighted by atomic mass is 9.78. The van der Waals surface area contributed by atoms with Gasteiger partial charge in [-0.15, -0.1) is 0 Å². The number of hydrogen-bond acceptors (Lipinski definition) is 7. The van der Waals surface area contributed by atoms with Gasteiger partial charge in [-0.2, -0.15) is 18.3 Å². The third-order valence-corrected chi connectivity index (χ3v) is 8.93. The van der Waals surface area contributed by atoms with Gasteiger partial charge in [0.25, 0.3) is 0 Å². The van der Waals surface area contributed by atoms with Crippen molar-refractivity contribution in [3.63, 3.8) is 0 Å². The Morgan fingerprint density at radius 1 is 1.31 bits per heavy atom. The van der Waals surface area contributed by atoms with Crippen molar-refractivity contribution in [2.75, 3.05) is 26.9 Å². The van der Waals surface area contributed by atoms with Crippen molar-refractivity contribution in [2.45, 2.75) is 75.2 Å². The average molecular weight is 550 g/mol.